The lowest BCUT2D eigenvalue weighted by atomic mass is 10.00. The van der Waals surface area contributed by atoms with Gasteiger partial charge in [0.2, 0.25) is 11.8 Å². The van der Waals surface area contributed by atoms with Crippen LogP contribution in [0.25, 0.3) is 0 Å². The maximum Gasteiger partial charge on any atom is 0.235 e. The van der Waals surface area contributed by atoms with Crippen molar-refractivity contribution >= 4 is 17.6 Å². The van der Waals surface area contributed by atoms with Crippen molar-refractivity contribution in [3.8, 4) is 6.07 Å². The van der Waals surface area contributed by atoms with Gasteiger partial charge in [-0.1, -0.05) is 30.3 Å². The minimum atomic E-state index is -0.311. The number of amides is 2. The first-order valence-electron chi connectivity index (χ1n) is 8.17. The lowest BCUT2D eigenvalue weighted by Crippen LogP contribution is -2.35. The van der Waals surface area contributed by atoms with E-state index in [2.05, 4.69) is 4.98 Å². The number of carbonyl (C=O) groups excluding carboxylic acids is 2. The predicted molar refractivity (Wildman–Crippen MR) is 90.1 cm³/mol. The average molecular weight is 332 g/mol. The highest BCUT2D eigenvalue weighted by atomic mass is 16.2. The predicted octanol–water partition coefficient (Wildman–Crippen LogP) is 1.57. The Morgan fingerprint density at radius 3 is 2.28 bits per heavy atom. The second-order valence-electron chi connectivity index (χ2n) is 6.38. The van der Waals surface area contributed by atoms with E-state index in [4.69, 9.17) is 5.26 Å². The lowest BCUT2D eigenvalue weighted by molar-refractivity contribution is -0.140. The van der Waals surface area contributed by atoms with Crippen molar-refractivity contribution in [1.82, 2.24) is 9.88 Å². The average Bonchev–Trinajstić information content (AvgIpc) is 3.19. The first-order chi connectivity index (χ1) is 12.2. The molecule has 2 amide bonds. The molecule has 2 atom stereocenters. The Balaban J connectivity index is 1.49. The molecule has 6 heteroatoms. The Morgan fingerprint density at radius 1 is 1.04 bits per heavy atom. The molecule has 2 aliphatic rings. The number of imide groups is 1. The summed E-state index contributed by atoms with van der Waals surface area (Å²) in [4.78, 5) is 33.0. The number of pyridine rings is 1. The molecule has 2 aromatic rings. The zero-order chi connectivity index (χ0) is 17.4. The standard InChI is InChI=1S/C19H16N4O2/c20-8-14-6-7-17(21-9-14)22-11-15-16(12-22)19(25)23(18(15)24)10-13-4-2-1-3-5-13/h1-7,9,15-16H,10-12H2. The van der Waals surface area contributed by atoms with Gasteiger partial charge in [0.1, 0.15) is 11.9 Å². The van der Waals surface area contributed by atoms with E-state index in [1.807, 2.05) is 41.3 Å². The van der Waals surface area contributed by atoms with E-state index < -0.39 is 0 Å². The highest BCUT2D eigenvalue weighted by Crippen LogP contribution is 2.35. The minimum absolute atomic E-state index is 0.102. The molecule has 2 aliphatic heterocycles. The Hall–Kier alpha value is -3.20. The molecule has 2 unspecified atom stereocenters. The van der Waals surface area contributed by atoms with Crippen LogP contribution >= 0.6 is 0 Å². The zero-order valence-corrected chi connectivity index (χ0v) is 13.5. The molecule has 6 nitrogen and oxygen atoms in total. The van der Waals surface area contributed by atoms with Crippen molar-refractivity contribution in [1.29, 1.82) is 5.26 Å². The largest absolute Gasteiger partial charge is 0.355 e. The van der Waals surface area contributed by atoms with Gasteiger partial charge in [-0.15, -0.1) is 0 Å². The summed E-state index contributed by atoms with van der Waals surface area (Å²) in [7, 11) is 0. The fourth-order valence-corrected chi connectivity index (χ4v) is 3.56. The monoisotopic (exact) mass is 332 g/mol. The van der Waals surface area contributed by atoms with Crippen molar-refractivity contribution in [3.05, 3.63) is 59.8 Å². The van der Waals surface area contributed by atoms with Crippen LogP contribution < -0.4 is 4.90 Å². The van der Waals surface area contributed by atoms with Crippen LogP contribution in [-0.2, 0) is 16.1 Å². The van der Waals surface area contributed by atoms with Crippen LogP contribution in [0.5, 0.6) is 0 Å². The summed E-state index contributed by atoms with van der Waals surface area (Å²) in [6, 6.07) is 15.0. The fraction of sp³-hybridized carbons (Fsp3) is 0.263. The van der Waals surface area contributed by atoms with E-state index in [-0.39, 0.29) is 23.7 Å². The zero-order valence-electron chi connectivity index (χ0n) is 13.5. The second-order valence-corrected chi connectivity index (χ2v) is 6.38. The van der Waals surface area contributed by atoms with Gasteiger partial charge in [-0.3, -0.25) is 14.5 Å². The molecule has 2 saturated heterocycles. The fourth-order valence-electron chi connectivity index (χ4n) is 3.56. The van der Waals surface area contributed by atoms with E-state index in [1.165, 1.54) is 11.1 Å². The van der Waals surface area contributed by atoms with Gasteiger partial charge >= 0.3 is 0 Å². The number of nitrogens with zero attached hydrogens (tertiary/aromatic N) is 4. The topological polar surface area (TPSA) is 77.3 Å². The van der Waals surface area contributed by atoms with E-state index in [0.29, 0.717) is 31.0 Å². The van der Waals surface area contributed by atoms with Crippen molar-refractivity contribution in [2.75, 3.05) is 18.0 Å². The summed E-state index contributed by atoms with van der Waals surface area (Å²) >= 11 is 0. The van der Waals surface area contributed by atoms with Gasteiger partial charge in [-0.25, -0.2) is 4.98 Å². The van der Waals surface area contributed by atoms with Crippen LogP contribution in [0, 0.1) is 23.2 Å². The van der Waals surface area contributed by atoms with E-state index >= 15 is 0 Å². The smallest absolute Gasteiger partial charge is 0.235 e. The molecule has 0 aliphatic carbocycles. The molecule has 124 valence electrons. The van der Waals surface area contributed by atoms with E-state index in [1.54, 1.807) is 12.1 Å². The van der Waals surface area contributed by atoms with Crippen molar-refractivity contribution in [3.63, 3.8) is 0 Å². The summed E-state index contributed by atoms with van der Waals surface area (Å²) in [5, 5.41) is 8.85. The number of nitriles is 1. The van der Waals surface area contributed by atoms with Gasteiger partial charge in [-0.05, 0) is 17.7 Å². The highest BCUT2D eigenvalue weighted by Gasteiger charge is 2.52. The maximum atomic E-state index is 12.7. The van der Waals surface area contributed by atoms with Crippen LogP contribution in [0.2, 0.25) is 0 Å². The number of aromatic nitrogens is 1. The summed E-state index contributed by atoms with van der Waals surface area (Å²) in [5.74, 6) is -0.129. The molecule has 0 bridgehead atoms. The van der Waals surface area contributed by atoms with E-state index in [0.717, 1.165) is 5.56 Å². The number of hydrogen-bond donors (Lipinski definition) is 0. The first-order valence-corrected chi connectivity index (χ1v) is 8.17. The highest BCUT2D eigenvalue weighted by molar-refractivity contribution is 6.06. The van der Waals surface area contributed by atoms with Crippen molar-refractivity contribution in [2.24, 2.45) is 11.8 Å². The third-order valence-electron chi connectivity index (χ3n) is 4.87. The third-order valence-corrected chi connectivity index (χ3v) is 4.87. The van der Waals surface area contributed by atoms with Gasteiger partial charge < -0.3 is 4.90 Å². The van der Waals surface area contributed by atoms with Gasteiger partial charge in [0.05, 0.1) is 23.9 Å². The Labute approximate surface area is 145 Å². The number of likely N-dealkylation sites (tertiary alicyclic amines) is 1. The summed E-state index contributed by atoms with van der Waals surface area (Å²) in [6.45, 7) is 1.31. The van der Waals surface area contributed by atoms with Gasteiger partial charge in [0, 0.05) is 19.3 Å². The van der Waals surface area contributed by atoms with Crippen molar-refractivity contribution < 1.29 is 9.59 Å². The third kappa shape index (κ3) is 2.64. The number of anilines is 1. The van der Waals surface area contributed by atoms with Crippen LogP contribution in [0.3, 0.4) is 0 Å². The molecule has 25 heavy (non-hydrogen) atoms. The van der Waals surface area contributed by atoms with Gasteiger partial charge in [-0.2, -0.15) is 5.26 Å². The van der Waals surface area contributed by atoms with Crippen LogP contribution in [0.4, 0.5) is 5.82 Å². The molecule has 1 aromatic heterocycles. The van der Waals surface area contributed by atoms with Crippen molar-refractivity contribution in [2.45, 2.75) is 6.54 Å². The minimum Gasteiger partial charge on any atom is -0.355 e. The molecular formula is C19H16N4O2. The number of carbonyl (C=O) groups is 2. The van der Waals surface area contributed by atoms with Crippen LogP contribution in [0.1, 0.15) is 11.1 Å². The summed E-state index contributed by atoms with van der Waals surface area (Å²) in [6.07, 6.45) is 1.51. The molecule has 1 aromatic carbocycles. The molecule has 0 N–H and O–H groups in total. The molecule has 0 radical (unpaired) electrons. The first kappa shape index (κ1) is 15.3. The second kappa shape index (κ2) is 6.02. The Morgan fingerprint density at radius 2 is 1.72 bits per heavy atom. The quantitative estimate of drug-likeness (QED) is 0.798. The normalized spacial score (nSPS) is 22.2. The SMILES string of the molecule is N#Cc1ccc(N2CC3C(=O)N(Cc4ccccc4)C(=O)C3C2)nc1. The maximum absolute atomic E-state index is 12.7. The summed E-state index contributed by atoms with van der Waals surface area (Å²) < 4.78 is 0. The number of fused-ring (bicyclic) bond motifs is 1. The lowest BCUT2D eigenvalue weighted by Gasteiger charge is -2.21. The summed E-state index contributed by atoms with van der Waals surface area (Å²) in [5.41, 5.74) is 1.44. The molecule has 2 fully saturated rings. The van der Waals surface area contributed by atoms with Crippen LogP contribution in [-0.4, -0.2) is 34.8 Å². The Bertz CT molecular complexity index is 833. The molecular weight excluding hydrogens is 316 g/mol. The van der Waals surface area contributed by atoms with Crippen LogP contribution in [0.15, 0.2) is 48.7 Å². The number of hydrogen-bond acceptors (Lipinski definition) is 5. The van der Waals surface area contributed by atoms with Gasteiger partial charge in [0.25, 0.3) is 0 Å². The Kier molecular flexibility index (Phi) is 3.69. The molecule has 0 saturated carbocycles. The number of rotatable bonds is 3. The molecule has 3 heterocycles. The van der Waals surface area contributed by atoms with Gasteiger partial charge in [0.15, 0.2) is 0 Å². The number of benzene rings is 1. The molecule has 4 rings (SSSR count). The van der Waals surface area contributed by atoms with E-state index in [9.17, 15) is 9.59 Å². The molecule has 0 spiro atoms.